The topological polar surface area (TPSA) is 58.7 Å². The summed E-state index contributed by atoms with van der Waals surface area (Å²) >= 11 is 0. The van der Waals surface area contributed by atoms with E-state index in [9.17, 15) is 13.6 Å². The third-order valence-corrected chi connectivity index (χ3v) is 6.60. The Morgan fingerprint density at radius 1 is 1.13 bits per heavy atom. The van der Waals surface area contributed by atoms with Crippen LogP contribution in [0.4, 0.5) is 8.78 Å². The maximum absolute atomic E-state index is 14.3. The summed E-state index contributed by atoms with van der Waals surface area (Å²) in [4.78, 5) is 20.5. The van der Waals surface area contributed by atoms with Crippen molar-refractivity contribution in [2.75, 3.05) is 20.3 Å². The number of alkyl halides is 1. The molecule has 1 aliphatic heterocycles. The number of aryl methyl sites for hydroxylation is 1. The van der Waals surface area contributed by atoms with Crippen molar-refractivity contribution in [2.45, 2.75) is 66.3 Å². The normalized spacial score (nSPS) is 14.3. The highest BCUT2D eigenvalue weighted by Crippen LogP contribution is 2.36. The SMILES string of the molecule is CCC(=O)N(CCCN)C(C1=C(Cc2ccccc2)CC=CC(c2cc(F)ccc2C)=N1)C(C)(C)C.CF. The molecule has 1 unspecified atom stereocenters. The van der Waals surface area contributed by atoms with Crippen molar-refractivity contribution < 1.29 is 13.6 Å². The summed E-state index contributed by atoms with van der Waals surface area (Å²) in [6, 6.07) is 14.9. The van der Waals surface area contributed by atoms with Crippen LogP contribution in [0.3, 0.4) is 0 Å². The van der Waals surface area contributed by atoms with Gasteiger partial charge in [0.25, 0.3) is 0 Å². The number of amides is 1. The van der Waals surface area contributed by atoms with Crippen LogP contribution in [0.2, 0.25) is 0 Å². The van der Waals surface area contributed by atoms with Crippen LogP contribution in [0.15, 0.2) is 76.9 Å². The minimum atomic E-state index is -0.288. The third kappa shape index (κ3) is 8.19. The highest BCUT2D eigenvalue weighted by Gasteiger charge is 2.37. The van der Waals surface area contributed by atoms with Crippen LogP contribution in [0, 0.1) is 18.2 Å². The molecule has 0 saturated carbocycles. The molecular formula is C32H43F2N3O. The van der Waals surface area contributed by atoms with Crippen LogP contribution in [0.5, 0.6) is 0 Å². The molecule has 6 heteroatoms. The zero-order valence-electron chi connectivity index (χ0n) is 23.7. The minimum Gasteiger partial charge on any atom is -0.334 e. The largest absolute Gasteiger partial charge is 0.334 e. The first-order chi connectivity index (χ1) is 18.2. The predicted molar refractivity (Wildman–Crippen MR) is 155 cm³/mol. The molecular weight excluding hydrogens is 480 g/mol. The number of carbonyl (C=O) groups is 1. The van der Waals surface area contributed by atoms with Crippen molar-refractivity contribution in [3.05, 3.63) is 94.5 Å². The van der Waals surface area contributed by atoms with Crippen molar-refractivity contribution in [1.82, 2.24) is 4.90 Å². The molecule has 2 aromatic rings. The fourth-order valence-corrected chi connectivity index (χ4v) is 4.83. The van der Waals surface area contributed by atoms with Gasteiger partial charge in [0.2, 0.25) is 5.91 Å². The molecule has 0 aliphatic carbocycles. The molecule has 1 aliphatic rings. The molecule has 0 fully saturated rings. The summed E-state index contributed by atoms with van der Waals surface area (Å²) < 4.78 is 23.8. The van der Waals surface area contributed by atoms with Gasteiger partial charge in [-0.3, -0.25) is 14.2 Å². The summed E-state index contributed by atoms with van der Waals surface area (Å²) in [7, 11) is 0.500. The molecule has 2 N–H and O–H groups in total. The molecule has 4 nitrogen and oxygen atoms in total. The van der Waals surface area contributed by atoms with E-state index in [0.717, 1.165) is 35.4 Å². The Kier molecular flexibility index (Phi) is 12.0. The Hall–Kier alpha value is -3.12. The lowest BCUT2D eigenvalue weighted by molar-refractivity contribution is -0.134. The van der Waals surface area contributed by atoms with Gasteiger partial charge in [0.15, 0.2) is 0 Å². The lowest BCUT2D eigenvalue weighted by atomic mass is 9.80. The van der Waals surface area contributed by atoms with Crippen molar-refractivity contribution in [2.24, 2.45) is 16.1 Å². The number of benzene rings is 2. The number of hydrogen-bond donors (Lipinski definition) is 1. The molecule has 0 saturated heterocycles. The Balaban J connectivity index is 0.00000247. The van der Waals surface area contributed by atoms with Crippen molar-refractivity contribution >= 4 is 11.6 Å². The standard InChI is InChI=1S/C31H40FN3O.CH3F/c1-6-28(36)35(19-11-18-33)30(31(3,4)5)29-24(20-23-12-8-7-9-13-23)14-10-15-27(34-29)26-21-25(32)17-16-22(26)2;1-2/h7-10,12-13,15-17,21,30H,6,11,14,18-20,33H2,1-5H3;1H3. The summed E-state index contributed by atoms with van der Waals surface area (Å²) in [6.07, 6.45) is 6.68. The molecule has 1 heterocycles. The number of allylic oxidation sites excluding steroid dienone is 3. The maximum Gasteiger partial charge on any atom is 0.222 e. The van der Waals surface area contributed by atoms with Gasteiger partial charge in [0.1, 0.15) is 5.82 Å². The third-order valence-electron chi connectivity index (χ3n) is 6.60. The number of rotatable bonds is 9. The quantitative estimate of drug-likeness (QED) is 0.386. The van der Waals surface area contributed by atoms with Crippen LogP contribution in [-0.4, -0.2) is 42.8 Å². The lowest BCUT2D eigenvalue weighted by Gasteiger charge is -2.41. The molecule has 206 valence electrons. The van der Waals surface area contributed by atoms with E-state index in [1.807, 2.05) is 43.0 Å². The number of aliphatic imine (C=N–C) groups is 1. The smallest absolute Gasteiger partial charge is 0.222 e. The van der Waals surface area contributed by atoms with E-state index >= 15 is 0 Å². The van der Waals surface area contributed by atoms with E-state index in [4.69, 9.17) is 10.7 Å². The van der Waals surface area contributed by atoms with Gasteiger partial charge >= 0.3 is 0 Å². The van der Waals surface area contributed by atoms with Crippen molar-refractivity contribution in [1.29, 1.82) is 0 Å². The molecule has 38 heavy (non-hydrogen) atoms. The first-order valence-electron chi connectivity index (χ1n) is 13.3. The van der Waals surface area contributed by atoms with E-state index in [1.165, 1.54) is 17.2 Å². The Morgan fingerprint density at radius 2 is 1.82 bits per heavy atom. The van der Waals surface area contributed by atoms with E-state index in [0.29, 0.717) is 33.1 Å². The van der Waals surface area contributed by atoms with Gasteiger partial charge in [-0.15, -0.1) is 0 Å². The van der Waals surface area contributed by atoms with Crippen LogP contribution >= 0.6 is 0 Å². The zero-order chi connectivity index (χ0) is 28.3. The zero-order valence-corrected chi connectivity index (χ0v) is 23.7. The summed E-state index contributed by atoms with van der Waals surface area (Å²) in [5, 5.41) is 0. The fourth-order valence-electron chi connectivity index (χ4n) is 4.83. The summed E-state index contributed by atoms with van der Waals surface area (Å²) in [6.45, 7) is 11.4. The number of halogens is 2. The second kappa shape index (κ2) is 14.7. The van der Waals surface area contributed by atoms with Gasteiger partial charge < -0.3 is 10.6 Å². The number of nitrogens with zero attached hydrogens (tertiary/aromatic N) is 2. The number of carbonyl (C=O) groups excluding carboxylic acids is 1. The molecule has 1 amide bonds. The second-order valence-corrected chi connectivity index (χ2v) is 10.6. The molecule has 1 atom stereocenters. The molecule has 0 bridgehead atoms. The molecule has 2 aromatic carbocycles. The Bertz CT molecular complexity index is 1150. The van der Waals surface area contributed by atoms with Crippen LogP contribution in [-0.2, 0) is 11.2 Å². The van der Waals surface area contributed by atoms with Crippen molar-refractivity contribution in [3.8, 4) is 0 Å². The van der Waals surface area contributed by atoms with E-state index < -0.39 is 0 Å². The average Bonchev–Trinajstić information content (AvgIpc) is 3.10. The fraction of sp³-hybridized carbons (Fsp3) is 0.438. The molecule has 0 radical (unpaired) electrons. The van der Waals surface area contributed by atoms with E-state index in [-0.39, 0.29) is 23.2 Å². The van der Waals surface area contributed by atoms with Gasteiger partial charge in [-0.1, -0.05) is 70.2 Å². The van der Waals surface area contributed by atoms with Gasteiger partial charge in [0, 0.05) is 18.5 Å². The highest BCUT2D eigenvalue weighted by atomic mass is 19.1. The van der Waals surface area contributed by atoms with Crippen LogP contribution in [0.1, 0.15) is 63.6 Å². The first-order valence-corrected chi connectivity index (χ1v) is 13.3. The first kappa shape index (κ1) is 31.1. The van der Waals surface area contributed by atoms with Gasteiger partial charge in [-0.25, -0.2) is 4.39 Å². The Labute approximate surface area is 227 Å². The average molecular weight is 524 g/mol. The van der Waals surface area contributed by atoms with Gasteiger partial charge in [0.05, 0.1) is 24.6 Å². The lowest BCUT2D eigenvalue weighted by Crippen LogP contribution is -2.49. The Morgan fingerprint density at radius 3 is 2.42 bits per heavy atom. The van der Waals surface area contributed by atoms with Crippen LogP contribution < -0.4 is 5.73 Å². The molecule has 0 aromatic heterocycles. The van der Waals surface area contributed by atoms with Crippen molar-refractivity contribution in [3.63, 3.8) is 0 Å². The van der Waals surface area contributed by atoms with Gasteiger partial charge in [-0.2, -0.15) is 0 Å². The second-order valence-electron chi connectivity index (χ2n) is 10.6. The monoisotopic (exact) mass is 523 g/mol. The minimum absolute atomic E-state index is 0.0887. The predicted octanol–water partition coefficient (Wildman–Crippen LogP) is 6.97. The highest BCUT2D eigenvalue weighted by molar-refractivity contribution is 6.10. The molecule has 3 rings (SSSR count). The van der Waals surface area contributed by atoms with E-state index in [1.54, 1.807) is 12.1 Å². The van der Waals surface area contributed by atoms with E-state index in [2.05, 4.69) is 39.0 Å². The van der Waals surface area contributed by atoms with Crippen LogP contribution in [0.25, 0.3) is 0 Å². The summed E-state index contributed by atoms with van der Waals surface area (Å²) in [5.41, 5.74) is 11.3. The van der Waals surface area contributed by atoms with Gasteiger partial charge in [-0.05, 0) is 73.1 Å². The number of hydrogen-bond acceptors (Lipinski definition) is 3. The summed E-state index contributed by atoms with van der Waals surface area (Å²) in [5.74, 6) is -0.199. The molecule has 0 spiro atoms. The maximum atomic E-state index is 14.3. The number of nitrogens with two attached hydrogens (primary N) is 1.